The van der Waals surface area contributed by atoms with E-state index in [1.807, 2.05) is 19.9 Å². The number of aromatic nitrogens is 2. The van der Waals surface area contributed by atoms with Crippen LogP contribution in [0.5, 0.6) is 0 Å². The zero-order valence-electron chi connectivity index (χ0n) is 11.4. The molecule has 1 N–H and O–H groups in total. The number of aryl methyl sites for hydroxylation is 2. The Morgan fingerprint density at radius 3 is 2.72 bits per heavy atom. The molecule has 4 nitrogen and oxygen atoms in total. The first kappa shape index (κ1) is 13.4. The van der Waals surface area contributed by atoms with Crippen LogP contribution in [0, 0.1) is 19.8 Å². The second-order valence-corrected chi connectivity index (χ2v) is 5.30. The van der Waals surface area contributed by atoms with Gasteiger partial charge in [0, 0.05) is 30.9 Å². The van der Waals surface area contributed by atoms with Crippen molar-refractivity contribution in [2.24, 2.45) is 5.92 Å². The predicted molar refractivity (Wildman–Crippen MR) is 71.5 cm³/mol. The number of likely N-dealkylation sites (tertiary alicyclic amines) is 1. The molecule has 0 radical (unpaired) electrons. The minimum absolute atomic E-state index is 0.257. The van der Waals surface area contributed by atoms with E-state index in [9.17, 15) is 0 Å². The fourth-order valence-electron chi connectivity index (χ4n) is 2.81. The van der Waals surface area contributed by atoms with Crippen LogP contribution in [0.2, 0.25) is 0 Å². The number of aliphatic hydroxyl groups excluding tert-OH is 1. The molecule has 1 aliphatic rings. The van der Waals surface area contributed by atoms with Crippen molar-refractivity contribution < 1.29 is 5.11 Å². The number of hydrogen-bond donors (Lipinski definition) is 1. The zero-order valence-corrected chi connectivity index (χ0v) is 11.4. The monoisotopic (exact) mass is 249 g/mol. The molecule has 1 atom stereocenters. The van der Waals surface area contributed by atoms with Crippen molar-refractivity contribution in [1.82, 2.24) is 14.9 Å². The molecule has 18 heavy (non-hydrogen) atoms. The minimum Gasteiger partial charge on any atom is -0.395 e. The van der Waals surface area contributed by atoms with E-state index >= 15 is 0 Å². The molecule has 1 aromatic rings. The van der Waals surface area contributed by atoms with Gasteiger partial charge in [0.25, 0.3) is 0 Å². The van der Waals surface area contributed by atoms with Crippen LogP contribution in [0.25, 0.3) is 0 Å². The van der Waals surface area contributed by atoms with Crippen LogP contribution >= 0.6 is 0 Å². The highest BCUT2D eigenvalue weighted by molar-refractivity contribution is 5.08. The second-order valence-electron chi connectivity index (χ2n) is 5.30. The van der Waals surface area contributed by atoms with Gasteiger partial charge < -0.3 is 10.0 Å². The third-order valence-electron chi connectivity index (χ3n) is 3.52. The van der Waals surface area contributed by atoms with Crippen LogP contribution in [0.4, 0.5) is 0 Å². The molecule has 0 bridgehead atoms. The Kier molecular flexibility index (Phi) is 4.66. The average molecular weight is 249 g/mol. The van der Waals surface area contributed by atoms with Crippen molar-refractivity contribution in [3.63, 3.8) is 0 Å². The first-order valence-corrected chi connectivity index (χ1v) is 6.81. The maximum absolute atomic E-state index is 9.00. The fourth-order valence-corrected chi connectivity index (χ4v) is 2.81. The van der Waals surface area contributed by atoms with E-state index in [0.717, 1.165) is 43.3 Å². The molecule has 2 rings (SSSR count). The number of rotatable bonds is 4. The molecule has 0 amide bonds. The van der Waals surface area contributed by atoms with Crippen LogP contribution in [-0.4, -0.2) is 46.2 Å². The molecule has 4 heteroatoms. The molecule has 0 aromatic carbocycles. The van der Waals surface area contributed by atoms with Crippen molar-refractivity contribution in [2.45, 2.75) is 33.1 Å². The van der Waals surface area contributed by atoms with E-state index in [1.54, 1.807) is 0 Å². The maximum Gasteiger partial charge on any atom is 0.129 e. The van der Waals surface area contributed by atoms with Crippen LogP contribution in [-0.2, 0) is 6.42 Å². The number of piperidine rings is 1. The van der Waals surface area contributed by atoms with Crippen molar-refractivity contribution >= 4 is 0 Å². The number of aliphatic hydroxyl groups is 1. The number of nitrogens with zero attached hydrogens (tertiary/aromatic N) is 3. The van der Waals surface area contributed by atoms with Crippen LogP contribution in [0.1, 0.15) is 30.1 Å². The molecule has 2 heterocycles. The van der Waals surface area contributed by atoms with Crippen LogP contribution < -0.4 is 0 Å². The SMILES string of the molecule is Cc1cc(C)nc(C[C@@H]2CCCN(CCO)C2)n1. The molecule has 0 unspecified atom stereocenters. The molecule has 1 saturated heterocycles. The molecular weight excluding hydrogens is 226 g/mol. The van der Waals surface area contributed by atoms with Gasteiger partial charge in [0.1, 0.15) is 5.82 Å². The summed E-state index contributed by atoms with van der Waals surface area (Å²) >= 11 is 0. The lowest BCUT2D eigenvalue weighted by molar-refractivity contribution is 0.139. The van der Waals surface area contributed by atoms with Crippen molar-refractivity contribution in [3.8, 4) is 0 Å². The molecule has 1 aliphatic heterocycles. The zero-order chi connectivity index (χ0) is 13.0. The first-order chi connectivity index (χ1) is 8.67. The predicted octanol–water partition coefficient (Wildman–Crippen LogP) is 1.34. The van der Waals surface area contributed by atoms with E-state index in [-0.39, 0.29) is 6.61 Å². The summed E-state index contributed by atoms with van der Waals surface area (Å²) in [5, 5.41) is 9.00. The van der Waals surface area contributed by atoms with Crippen molar-refractivity contribution in [2.75, 3.05) is 26.2 Å². The summed E-state index contributed by atoms with van der Waals surface area (Å²) in [4.78, 5) is 11.4. The highest BCUT2D eigenvalue weighted by Crippen LogP contribution is 2.19. The van der Waals surface area contributed by atoms with Crippen LogP contribution in [0.3, 0.4) is 0 Å². The van der Waals surface area contributed by atoms with E-state index in [2.05, 4.69) is 14.9 Å². The van der Waals surface area contributed by atoms with E-state index in [0.29, 0.717) is 5.92 Å². The Bertz CT molecular complexity index is 372. The lowest BCUT2D eigenvalue weighted by atomic mass is 9.94. The van der Waals surface area contributed by atoms with E-state index in [4.69, 9.17) is 5.11 Å². The summed E-state index contributed by atoms with van der Waals surface area (Å²) in [7, 11) is 0. The van der Waals surface area contributed by atoms with Gasteiger partial charge in [-0.25, -0.2) is 9.97 Å². The molecule has 100 valence electrons. The largest absolute Gasteiger partial charge is 0.395 e. The Morgan fingerprint density at radius 2 is 2.06 bits per heavy atom. The maximum atomic E-state index is 9.00. The molecule has 1 fully saturated rings. The van der Waals surface area contributed by atoms with Gasteiger partial charge in [0.05, 0.1) is 6.61 Å². The van der Waals surface area contributed by atoms with Gasteiger partial charge in [-0.1, -0.05) is 0 Å². The van der Waals surface area contributed by atoms with Gasteiger partial charge in [-0.05, 0) is 45.2 Å². The highest BCUT2D eigenvalue weighted by atomic mass is 16.3. The third-order valence-corrected chi connectivity index (χ3v) is 3.52. The Balaban J connectivity index is 1.95. The molecule has 0 spiro atoms. The fraction of sp³-hybridized carbons (Fsp3) is 0.714. The summed E-state index contributed by atoms with van der Waals surface area (Å²) in [6.07, 6.45) is 3.43. The summed E-state index contributed by atoms with van der Waals surface area (Å²) < 4.78 is 0. The lowest BCUT2D eigenvalue weighted by Crippen LogP contribution is -2.38. The Labute approximate surface area is 109 Å². The molecule has 1 aromatic heterocycles. The van der Waals surface area contributed by atoms with Gasteiger partial charge in [0.2, 0.25) is 0 Å². The molecular formula is C14H23N3O. The Hall–Kier alpha value is -1.00. The Morgan fingerprint density at radius 1 is 1.33 bits per heavy atom. The normalized spacial score (nSPS) is 21.2. The second kappa shape index (κ2) is 6.25. The molecule has 0 saturated carbocycles. The summed E-state index contributed by atoms with van der Waals surface area (Å²) in [6.45, 7) is 7.28. The standard InChI is InChI=1S/C14H23N3O/c1-11-8-12(2)16-14(15-11)9-13-4-3-5-17(10-13)6-7-18/h8,13,18H,3-7,9-10H2,1-2H3/t13-/m0/s1. The van der Waals surface area contributed by atoms with Gasteiger partial charge in [-0.15, -0.1) is 0 Å². The minimum atomic E-state index is 0.257. The van der Waals surface area contributed by atoms with Crippen molar-refractivity contribution in [3.05, 3.63) is 23.3 Å². The summed E-state index contributed by atoms with van der Waals surface area (Å²) in [6, 6.07) is 2.02. The quantitative estimate of drug-likeness (QED) is 0.875. The molecule has 0 aliphatic carbocycles. The lowest BCUT2D eigenvalue weighted by Gasteiger charge is -2.31. The summed E-state index contributed by atoms with van der Waals surface area (Å²) in [5.41, 5.74) is 2.11. The van der Waals surface area contributed by atoms with Gasteiger partial charge in [-0.3, -0.25) is 0 Å². The van der Waals surface area contributed by atoms with Gasteiger partial charge in [0.15, 0.2) is 0 Å². The van der Waals surface area contributed by atoms with Gasteiger partial charge >= 0.3 is 0 Å². The highest BCUT2D eigenvalue weighted by Gasteiger charge is 2.20. The topological polar surface area (TPSA) is 49.2 Å². The first-order valence-electron chi connectivity index (χ1n) is 6.81. The van der Waals surface area contributed by atoms with Crippen molar-refractivity contribution in [1.29, 1.82) is 0 Å². The van der Waals surface area contributed by atoms with E-state index in [1.165, 1.54) is 12.8 Å². The van der Waals surface area contributed by atoms with E-state index < -0.39 is 0 Å². The summed E-state index contributed by atoms with van der Waals surface area (Å²) in [5.74, 6) is 1.61. The number of hydrogen-bond acceptors (Lipinski definition) is 4. The third kappa shape index (κ3) is 3.75. The smallest absolute Gasteiger partial charge is 0.129 e. The average Bonchev–Trinajstić information content (AvgIpc) is 2.28. The van der Waals surface area contributed by atoms with Crippen LogP contribution in [0.15, 0.2) is 6.07 Å². The van der Waals surface area contributed by atoms with Gasteiger partial charge in [-0.2, -0.15) is 0 Å². The number of β-amino-alcohol motifs (C(OH)–C–C–N with tert-alkyl or cyclic N) is 1.